The van der Waals surface area contributed by atoms with E-state index in [4.69, 9.17) is 4.74 Å². The fourth-order valence-electron chi connectivity index (χ4n) is 2.65. The van der Waals surface area contributed by atoms with Gasteiger partial charge in [-0.15, -0.1) is 0 Å². The van der Waals surface area contributed by atoms with Crippen LogP contribution < -0.4 is 4.72 Å². The zero-order valence-electron chi connectivity index (χ0n) is 12.5. The van der Waals surface area contributed by atoms with Crippen LogP contribution in [0.5, 0.6) is 0 Å². The predicted octanol–water partition coefficient (Wildman–Crippen LogP) is 0.824. The third kappa shape index (κ3) is 3.41. The molecule has 122 valence electrons. The average Bonchev–Trinajstić information content (AvgIpc) is 3.07. The number of thiazole rings is 1. The molecule has 1 aromatic rings. The first kappa shape index (κ1) is 15.7. The summed E-state index contributed by atoms with van der Waals surface area (Å²) in [4.78, 5) is 19.5. The van der Waals surface area contributed by atoms with Crippen molar-refractivity contribution >= 4 is 32.4 Å². The maximum Gasteiger partial charge on any atom is 0.231 e. The third-order valence-electron chi connectivity index (χ3n) is 3.75. The number of fused-ring (bicyclic) bond motifs is 1. The van der Waals surface area contributed by atoms with Gasteiger partial charge in [-0.25, -0.2) is 13.4 Å². The molecule has 2 heterocycles. The van der Waals surface area contributed by atoms with Crippen LogP contribution in [0.4, 0.5) is 5.13 Å². The molecule has 1 fully saturated rings. The fraction of sp³-hybridized carbons (Fsp3) is 0.692. The van der Waals surface area contributed by atoms with Gasteiger partial charge in [0, 0.05) is 24.4 Å². The standard InChI is InChI=1S/C13H19N3O4S2/c1-3-20-10-6-8(10)12(17)16-5-4-9-11(7-16)21-13(14-9)15-22(2,18)19/h8,10H,3-7H2,1-2H3,(H,14,15)/t8-,10+/m1/s1. The predicted molar refractivity (Wildman–Crippen MR) is 83.2 cm³/mol. The van der Waals surface area contributed by atoms with Crippen molar-refractivity contribution in [2.75, 3.05) is 24.1 Å². The molecule has 1 amide bonds. The number of carbonyl (C=O) groups is 1. The monoisotopic (exact) mass is 345 g/mol. The number of nitrogens with zero attached hydrogens (tertiary/aromatic N) is 2. The topological polar surface area (TPSA) is 88.6 Å². The molecular formula is C13H19N3O4S2. The Hall–Kier alpha value is -1.19. The first-order chi connectivity index (χ1) is 10.4. The molecule has 1 N–H and O–H groups in total. The maximum absolute atomic E-state index is 12.4. The SMILES string of the molecule is CCO[C@H]1C[C@H]1C(=O)N1CCc2nc(NS(C)(=O)=O)sc2C1. The molecule has 1 aromatic heterocycles. The average molecular weight is 345 g/mol. The highest BCUT2D eigenvalue weighted by Crippen LogP contribution is 2.37. The number of hydrogen-bond donors (Lipinski definition) is 1. The van der Waals surface area contributed by atoms with E-state index in [1.165, 1.54) is 11.3 Å². The lowest BCUT2D eigenvalue weighted by Crippen LogP contribution is -2.37. The molecule has 3 rings (SSSR count). The van der Waals surface area contributed by atoms with E-state index in [0.717, 1.165) is 23.2 Å². The van der Waals surface area contributed by atoms with Crippen LogP contribution in [0.1, 0.15) is 23.9 Å². The number of nitrogens with one attached hydrogen (secondary N) is 1. The van der Waals surface area contributed by atoms with Crippen LogP contribution in [-0.2, 0) is 32.5 Å². The number of sulfonamides is 1. The normalized spacial score (nSPS) is 24.0. The number of anilines is 1. The maximum atomic E-state index is 12.4. The Labute approximate surface area is 133 Å². The second-order valence-electron chi connectivity index (χ2n) is 5.61. The van der Waals surface area contributed by atoms with E-state index in [1.54, 1.807) is 0 Å². The van der Waals surface area contributed by atoms with Crippen molar-refractivity contribution in [1.82, 2.24) is 9.88 Å². The van der Waals surface area contributed by atoms with Gasteiger partial charge in [0.2, 0.25) is 15.9 Å². The van der Waals surface area contributed by atoms with Crippen molar-refractivity contribution in [2.24, 2.45) is 5.92 Å². The summed E-state index contributed by atoms with van der Waals surface area (Å²) in [6, 6.07) is 0. The van der Waals surface area contributed by atoms with E-state index in [0.29, 0.717) is 31.2 Å². The van der Waals surface area contributed by atoms with Crippen molar-refractivity contribution in [1.29, 1.82) is 0 Å². The van der Waals surface area contributed by atoms with Gasteiger partial charge in [0.15, 0.2) is 5.13 Å². The van der Waals surface area contributed by atoms with Crippen molar-refractivity contribution in [3.05, 3.63) is 10.6 Å². The van der Waals surface area contributed by atoms with E-state index >= 15 is 0 Å². The molecule has 1 aliphatic carbocycles. The number of rotatable bonds is 5. The lowest BCUT2D eigenvalue weighted by atomic mass is 10.1. The van der Waals surface area contributed by atoms with E-state index in [9.17, 15) is 13.2 Å². The number of carbonyl (C=O) groups excluding carboxylic acids is 1. The molecule has 1 aliphatic heterocycles. The largest absolute Gasteiger partial charge is 0.378 e. The molecule has 7 nitrogen and oxygen atoms in total. The molecule has 2 aliphatic rings. The van der Waals surface area contributed by atoms with E-state index < -0.39 is 10.0 Å². The fourth-order valence-corrected chi connectivity index (χ4v) is 4.51. The molecule has 0 aromatic carbocycles. The van der Waals surface area contributed by atoms with Gasteiger partial charge >= 0.3 is 0 Å². The van der Waals surface area contributed by atoms with Crippen LogP contribution in [0.15, 0.2) is 0 Å². The molecule has 1 saturated carbocycles. The summed E-state index contributed by atoms with van der Waals surface area (Å²) in [6.07, 6.45) is 2.64. The molecule has 2 atom stereocenters. The van der Waals surface area contributed by atoms with Crippen LogP contribution in [0.25, 0.3) is 0 Å². The Bertz CT molecular complexity index is 685. The van der Waals surface area contributed by atoms with Crippen LogP contribution in [-0.4, -0.2) is 49.7 Å². The molecule has 0 unspecified atom stereocenters. The van der Waals surface area contributed by atoms with E-state index in [1.807, 2.05) is 11.8 Å². The highest BCUT2D eigenvalue weighted by molar-refractivity contribution is 7.92. The zero-order chi connectivity index (χ0) is 15.9. The molecule has 9 heteroatoms. The van der Waals surface area contributed by atoms with Crippen molar-refractivity contribution < 1.29 is 17.9 Å². The summed E-state index contributed by atoms with van der Waals surface area (Å²) in [6.45, 7) is 3.70. The molecule has 22 heavy (non-hydrogen) atoms. The molecule has 0 saturated heterocycles. The Morgan fingerprint density at radius 1 is 1.55 bits per heavy atom. The minimum Gasteiger partial charge on any atom is -0.378 e. The van der Waals surface area contributed by atoms with E-state index in [-0.39, 0.29) is 17.9 Å². The lowest BCUT2D eigenvalue weighted by molar-refractivity contribution is -0.134. The first-order valence-electron chi connectivity index (χ1n) is 7.24. The number of aromatic nitrogens is 1. The minimum atomic E-state index is -3.32. The second-order valence-corrected chi connectivity index (χ2v) is 8.44. The Morgan fingerprint density at radius 3 is 3.00 bits per heavy atom. The smallest absolute Gasteiger partial charge is 0.231 e. The van der Waals surface area contributed by atoms with Crippen molar-refractivity contribution in [3.63, 3.8) is 0 Å². The van der Waals surface area contributed by atoms with Gasteiger partial charge in [-0.05, 0) is 13.3 Å². The summed E-state index contributed by atoms with van der Waals surface area (Å²) < 4.78 is 30.4. The summed E-state index contributed by atoms with van der Waals surface area (Å²) >= 11 is 1.30. The van der Waals surface area contributed by atoms with Gasteiger partial charge in [-0.3, -0.25) is 9.52 Å². The van der Waals surface area contributed by atoms with Gasteiger partial charge < -0.3 is 9.64 Å². The highest BCUT2D eigenvalue weighted by atomic mass is 32.2. The number of amides is 1. The number of ether oxygens (including phenoxy) is 1. The molecule has 0 radical (unpaired) electrons. The van der Waals surface area contributed by atoms with Crippen LogP contribution in [0.2, 0.25) is 0 Å². The van der Waals surface area contributed by atoms with Crippen LogP contribution >= 0.6 is 11.3 Å². The summed E-state index contributed by atoms with van der Waals surface area (Å²) in [7, 11) is -3.32. The Balaban J connectivity index is 1.65. The third-order valence-corrected chi connectivity index (χ3v) is 5.44. The molecule has 0 bridgehead atoms. The first-order valence-corrected chi connectivity index (χ1v) is 9.95. The zero-order valence-corrected chi connectivity index (χ0v) is 14.2. The lowest BCUT2D eigenvalue weighted by Gasteiger charge is -2.26. The van der Waals surface area contributed by atoms with Gasteiger partial charge in [0.1, 0.15) is 0 Å². The summed E-state index contributed by atoms with van der Waals surface area (Å²) in [5.74, 6) is 0.123. The number of hydrogen-bond acceptors (Lipinski definition) is 6. The minimum absolute atomic E-state index is 0.0111. The van der Waals surface area contributed by atoms with E-state index in [2.05, 4.69) is 9.71 Å². The summed E-state index contributed by atoms with van der Waals surface area (Å²) in [5.41, 5.74) is 0.886. The van der Waals surface area contributed by atoms with Gasteiger partial charge in [0.05, 0.1) is 30.5 Å². The quantitative estimate of drug-likeness (QED) is 0.854. The molecule has 0 spiro atoms. The Kier molecular flexibility index (Phi) is 4.13. The van der Waals surface area contributed by atoms with Crippen LogP contribution in [0.3, 0.4) is 0 Å². The van der Waals surface area contributed by atoms with Crippen molar-refractivity contribution in [3.8, 4) is 0 Å². The Morgan fingerprint density at radius 2 is 2.32 bits per heavy atom. The molecular weight excluding hydrogens is 326 g/mol. The van der Waals surface area contributed by atoms with Crippen molar-refractivity contribution in [2.45, 2.75) is 32.4 Å². The van der Waals surface area contributed by atoms with Gasteiger partial charge in [0.25, 0.3) is 0 Å². The summed E-state index contributed by atoms with van der Waals surface area (Å²) in [5, 5.41) is 0.375. The second kappa shape index (κ2) is 5.78. The van der Waals surface area contributed by atoms with Gasteiger partial charge in [-0.1, -0.05) is 11.3 Å². The highest BCUT2D eigenvalue weighted by Gasteiger charge is 2.46. The van der Waals surface area contributed by atoms with Crippen LogP contribution in [0, 0.1) is 5.92 Å². The van der Waals surface area contributed by atoms with Gasteiger partial charge in [-0.2, -0.15) is 0 Å².